The van der Waals surface area contributed by atoms with Crippen LogP contribution in [0, 0.1) is 11.8 Å². The molecule has 0 aromatic rings. The zero-order valence-electron chi connectivity index (χ0n) is 10.4. The molecule has 3 aliphatic rings. The first-order chi connectivity index (χ1) is 7.84. The van der Waals surface area contributed by atoms with Crippen molar-refractivity contribution in [2.75, 3.05) is 13.1 Å². The lowest BCUT2D eigenvalue weighted by Gasteiger charge is -2.45. The van der Waals surface area contributed by atoms with Crippen molar-refractivity contribution >= 4 is 0 Å². The van der Waals surface area contributed by atoms with Crippen LogP contribution >= 0.6 is 0 Å². The summed E-state index contributed by atoms with van der Waals surface area (Å²) in [6.45, 7) is 2.51. The van der Waals surface area contributed by atoms with Gasteiger partial charge >= 0.3 is 0 Å². The minimum Gasteiger partial charge on any atom is -0.326 e. The Morgan fingerprint density at radius 2 is 1.75 bits per heavy atom. The van der Waals surface area contributed by atoms with Crippen LogP contribution in [0.5, 0.6) is 0 Å². The zero-order chi connectivity index (χ0) is 11.0. The Labute approximate surface area is 99.6 Å². The highest BCUT2D eigenvalue weighted by molar-refractivity contribution is 4.92. The normalized spacial score (nSPS) is 38.1. The van der Waals surface area contributed by atoms with Gasteiger partial charge in [-0.3, -0.25) is 4.90 Å². The van der Waals surface area contributed by atoms with Gasteiger partial charge < -0.3 is 5.73 Å². The van der Waals surface area contributed by atoms with Crippen molar-refractivity contribution in [3.05, 3.63) is 0 Å². The fourth-order valence-electron chi connectivity index (χ4n) is 3.90. The Kier molecular flexibility index (Phi) is 3.21. The fraction of sp³-hybridized carbons (Fsp3) is 1.00. The standard InChI is InChI=1S/C14H26N2/c15-13(11-7-8-11)10-16-9-3-5-12-4-1-2-6-14(12)16/h11-14H,1-10,15H2/t12-,13?,14-/m1/s1. The summed E-state index contributed by atoms with van der Waals surface area (Å²) in [4.78, 5) is 2.75. The van der Waals surface area contributed by atoms with E-state index in [0.29, 0.717) is 6.04 Å². The van der Waals surface area contributed by atoms with Crippen LogP contribution in [-0.4, -0.2) is 30.1 Å². The number of nitrogens with two attached hydrogens (primary N) is 1. The second kappa shape index (κ2) is 4.66. The average Bonchev–Trinajstić information content (AvgIpc) is 3.13. The predicted octanol–water partition coefficient (Wildman–Crippen LogP) is 2.38. The Morgan fingerprint density at radius 1 is 1.00 bits per heavy atom. The molecule has 1 heterocycles. The molecule has 0 aromatic carbocycles. The summed E-state index contributed by atoms with van der Waals surface area (Å²) in [7, 11) is 0. The lowest BCUT2D eigenvalue weighted by atomic mass is 9.78. The van der Waals surface area contributed by atoms with Gasteiger partial charge in [0.05, 0.1) is 0 Å². The zero-order valence-corrected chi connectivity index (χ0v) is 10.4. The number of piperidine rings is 1. The molecule has 1 aliphatic heterocycles. The lowest BCUT2D eigenvalue weighted by molar-refractivity contribution is 0.0545. The van der Waals surface area contributed by atoms with E-state index in [0.717, 1.165) is 17.9 Å². The highest BCUT2D eigenvalue weighted by Crippen LogP contribution is 2.37. The van der Waals surface area contributed by atoms with Crippen molar-refractivity contribution in [1.29, 1.82) is 0 Å². The summed E-state index contributed by atoms with van der Waals surface area (Å²) >= 11 is 0. The highest BCUT2D eigenvalue weighted by Gasteiger charge is 2.36. The Balaban J connectivity index is 1.59. The molecule has 2 aliphatic carbocycles. The van der Waals surface area contributed by atoms with E-state index in [-0.39, 0.29) is 0 Å². The molecule has 92 valence electrons. The van der Waals surface area contributed by atoms with E-state index in [2.05, 4.69) is 4.90 Å². The molecule has 1 unspecified atom stereocenters. The molecule has 0 bridgehead atoms. The van der Waals surface area contributed by atoms with Gasteiger partial charge in [0.1, 0.15) is 0 Å². The van der Waals surface area contributed by atoms with Gasteiger partial charge in [-0.1, -0.05) is 12.8 Å². The molecule has 2 heteroatoms. The van der Waals surface area contributed by atoms with Gasteiger partial charge in [-0.15, -0.1) is 0 Å². The molecule has 3 rings (SSSR count). The summed E-state index contributed by atoms with van der Waals surface area (Å²) in [6.07, 6.45) is 11.5. The van der Waals surface area contributed by atoms with E-state index < -0.39 is 0 Å². The summed E-state index contributed by atoms with van der Waals surface area (Å²) in [5.41, 5.74) is 6.29. The van der Waals surface area contributed by atoms with Gasteiger partial charge in [-0.05, 0) is 56.9 Å². The number of likely N-dealkylation sites (tertiary alicyclic amines) is 1. The van der Waals surface area contributed by atoms with Crippen molar-refractivity contribution in [3.63, 3.8) is 0 Å². The first kappa shape index (κ1) is 11.0. The molecule has 1 saturated heterocycles. The molecule has 0 radical (unpaired) electrons. The first-order valence-corrected chi connectivity index (χ1v) is 7.34. The third-order valence-electron chi connectivity index (χ3n) is 5.03. The van der Waals surface area contributed by atoms with Crippen LogP contribution in [0.2, 0.25) is 0 Å². The Hall–Kier alpha value is -0.0800. The Morgan fingerprint density at radius 3 is 2.56 bits per heavy atom. The van der Waals surface area contributed by atoms with E-state index in [1.807, 2.05) is 0 Å². The van der Waals surface area contributed by atoms with Crippen LogP contribution < -0.4 is 5.73 Å². The summed E-state index contributed by atoms with van der Waals surface area (Å²) < 4.78 is 0. The second-order valence-electron chi connectivity index (χ2n) is 6.25. The smallest absolute Gasteiger partial charge is 0.0196 e. The molecule has 2 nitrogen and oxygen atoms in total. The quantitative estimate of drug-likeness (QED) is 0.794. The van der Waals surface area contributed by atoms with Gasteiger partial charge in [0.15, 0.2) is 0 Å². The van der Waals surface area contributed by atoms with E-state index >= 15 is 0 Å². The minimum atomic E-state index is 0.473. The van der Waals surface area contributed by atoms with Crippen molar-refractivity contribution in [1.82, 2.24) is 4.90 Å². The molecule has 2 N–H and O–H groups in total. The van der Waals surface area contributed by atoms with Gasteiger partial charge in [-0.2, -0.15) is 0 Å². The number of rotatable bonds is 3. The maximum absolute atomic E-state index is 6.29. The molecule has 16 heavy (non-hydrogen) atoms. The number of hydrogen-bond donors (Lipinski definition) is 1. The Bertz CT molecular complexity index is 235. The van der Waals surface area contributed by atoms with Crippen LogP contribution in [-0.2, 0) is 0 Å². The molecular formula is C14H26N2. The number of hydrogen-bond acceptors (Lipinski definition) is 2. The van der Waals surface area contributed by atoms with Gasteiger partial charge in [0.25, 0.3) is 0 Å². The summed E-state index contributed by atoms with van der Waals surface area (Å²) in [5, 5.41) is 0. The van der Waals surface area contributed by atoms with Crippen LogP contribution in [0.25, 0.3) is 0 Å². The third kappa shape index (κ3) is 2.28. The van der Waals surface area contributed by atoms with Crippen LogP contribution in [0.15, 0.2) is 0 Å². The second-order valence-corrected chi connectivity index (χ2v) is 6.25. The van der Waals surface area contributed by atoms with Gasteiger partial charge in [0.2, 0.25) is 0 Å². The topological polar surface area (TPSA) is 29.3 Å². The largest absolute Gasteiger partial charge is 0.326 e. The van der Waals surface area contributed by atoms with Gasteiger partial charge in [0, 0.05) is 18.6 Å². The summed E-state index contributed by atoms with van der Waals surface area (Å²) in [6, 6.07) is 1.37. The van der Waals surface area contributed by atoms with Crippen molar-refractivity contribution in [2.24, 2.45) is 17.6 Å². The van der Waals surface area contributed by atoms with E-state index in [1.165, 1.54) is 64.5 Å². The molecule has 3 fully saturated rings. The van der Waals surface area contributed by atoms with Crippen LogP contribution in [0.4, 0.5) is 0 Å². The summed E-state index contributed by atoms with van der Waals surface area (Å²) in [5.74, 6) is 1.87. The van der Waals surface area contributed by atoms with Crippen LogP contribution in [0.1, 0.15) is 51.4 Å². The van der Waals surface area contributed by atoms with Gasteiger partial charge in [-0.25, -0.2) is 0 Å². The van der Waals surface area contributed by atoms with Crippen molar-refractivity contribution in [2.45, 2.75) is 63.5 Å². The molecular weight excluding hydrogens is 196 g/mol. The lowest BCUT2D eigenvalue weighted by Crippen LogP contribution is -2.51. The van der Waals surface area contributed by atoms with Crippen LogP contribution in [0.3, 0.4) is 0 Å². The molecule has 2 saturated carbocycles. The maximum atomic E-state index is 6.29. The van der Waals surface area contributed by atoms with Crippen molar-refractivity contribution in [3.8, 4) is 0 Å². The molecule has 0 spiro atoms. The first-order valence-electron chi connectivity index (χ1n) is 7.34. The predicted molar refractivity (Wildman–Crippen MR) is 67.3 cm³/mol. The minimum absolute atomic E-state index is 0.473. The SMILES string of the molecule is NC(CN1CCC[C@H]2CCCC[C@H]21)C1CC1. The molecule has 3 atom stereocenters. The number of nitrogens with zero attached hydrogens (tertiary/aromatic N) is 1. The third-order valence-corrected chi connectivity index (χ3v) is 5.03. The average molecular weight is 222 g/mol. The fourth-order valence-corrected chi connectivity index (χ4v) is 3.90. The maximum Gasteiger partial charge on any atom is 0.0196 e. The van der Waals surface area contributed by atoms with E-state index in [9.17, 15) is 0 Å². The van der Waals surface area contributed by atoms with E-state index in [1.54, 1.807) is 0 Å². The van der Waals surface area contributed by atoms with E-state index in [4.69, 9.17) is 5.73 Å². The monoisotopic (exact) mass is 222 g/mol. The van der Waals surface area contributed by atoms with Crippen molar-refractivity contribution < 1.29 is 0 Å². The number of fused-ring (bicyclic) bond motifs is 1. The highest BCUT2D eigenvalue weighted by atomic mass is 15.2. The molecule has 0 amide bonds. The molecule has 0 aromatic heterocycles.